The second-order valence-electron chi connectivity index (χ2n) is 3.61. The van der Waals surface area contributed by atoms with Crippen LogP contribution in [-0.4, -0.2) is 40.7 Å². The summed E-state index contributed by atoms with van der Waals surface area (Å²) in [4.78, 5) is 6.69. The molecule has 0 saturated carbocycles. The highest BCUT2D eigenvalue weighted by molar-refractivity contribution is 9.09. The maximum absolute atomic E-state index is 5.60. The summed E-state index contributed by atoms with van der Waals surface area (Å²) in [5, 5.41) is 0.885. The predicted octanol–water partition coefficient (Wildman–Crippen LogP) is 1.50. The van der Waals surface area contributed by atoms with Gasteiger partial charge >= 0.3 is 0 Å². The van der Waals surface area contributed by atoms with Crippen LogP contribution in [0.4, 0.5) is 5.95 Å². The minimum atomic E-state index is 0.278. The highest BCUT2D eigenvalue weighted by Crippen LogP contribution is 2.16. The summed E-state index contributed by atoms with van der Waals surface area (Å²) in [7, 11) is 0. The Bertz CT molecular complexity index is 315. The van der Waals surface area contributed by atoms with Gasteiger partial charge in [-0.1, -0.05) is 15.9 Å². The van der Waals surface area contributed by atoms with E-state index in [1.54, 1.807) is 0 Å². The maximum atomic E-state index is 5.60. The third kappa shape index (κ3) is 2.34. The molecule has 0 aromatic carbocycles. The molecule has 1 atom stereocenters. The van der Waals surface area contributed by atoms with Crippen molar-refractivity contribution in [2.75, 3.05) is 29.9 Å². The number of rotatable bonds is 3. The van der Waals surface area contributed by atoms with Gasteiger partial charge in [-0.2, -0.15) is 0 Å². The molecule has 0 aliphatic carbocycles. The first-order chi connectivity index (χ1) is 7.35. The van der Waals surface area contributed by atoms with Crippen molar-refractivity contribution in [3.8, 4) is 0 Å². The number of nitrogens with zero attached hydrogens (tertiary/aromatic N) is 3. The van der Waals surface area contributed by atoms with E-state index < -0.39 is 0 Å². The van der Waals surface area contributed by atoms with Crippen LogP contribution >= 0.6 is 15.9 Å². The molecule has 0 spiro atoms. The number of imidazole rings is 1. The Balaban J connectivity index is 2.09. The summed E-state index contributed by atoms with van der Waals surface area (Å²) < 4.78 is 7.77. The second kappa shape index (κ2) is 4.99. The van der Waals surface area contributed by atoms with E-state index in [4.69, 9.17) is 4.74 Å². The minimum absolute atomic E-state index is 0.278. The lowest BCUT2D eigenvalue weighted by Gasteiger charge is -2.33. The van der Waals surface area contributed by atoms with E-state index in [1.807, 2.05) is 12.4 Å². The lowest BCUT2D eigenvalue weighted by molar-refractivity contribution is 0.0562. The first kappa shape index (κ1) is 11.0. The van der Waals surface area contributed by atoms with Gasteiger partial charge in [0.05, 0.1) is 12.7 Å². The molecule has 2 rings (SSSR count). The Morgan fingerprint density at radius 2 is 2.53 bits per heavy atom. The largest absolute Gasteiger partial charge is 0.374 e. The number of anilines is 1. The van der Waals surface area contributed by atoms with Crippen molar-refractivity contribution in [1.82, 2.24) is 9.55 Å². The van der Waals surface area contributed by atoms with Crippen LogP contribution in [0.1, 0.15) is 6.92 Å². The summed E-state index contributed by atoms with van der Waals surface area (Å²) in [5.74, 6) is 1.06. The first-order valence-corrected chi connectivity index (χ1v) is 6.41. The summed E-state index contributed by atoms with van der Waals surface area (Å²) in [6.07, 6.45) is 4.16. The Hall–Kier alpha value is -0.550. The topological polar surface area (TPSA) is 30.3 Å². The van der Waals surface area contributed by atoms with Crippen LogP contribution < -0.4 is 4.90 Å². The molecular formula is C10H16BrN3O. The molecule has 0 N–H and O–H groups in total. The molecule has 0 radical (unpaired) electrons. The Labute approximate surface area is 98.4 Å². The van der Waals surface area contributed by atoms with Crippen molar-refractivity contribution in [3.05, 3.63) is 12.4 Å². The zero-order chi connectivity index (χ0) is 10.7. The first-order valence-electron chi connectivity index (χ1n) is 5.28. The molecule has 1 aliphatic rings. The highest BCUT2D eigenvalue weighted by Gasteiger charge is 2.22. The number of hydrogen-bond acceptors (Lipinski definition) is 3. The molecule has 15 heavy (non-hydrogen) atoms. The number of hydrogen-bond donors (Lipinski definition) is 0. The van der Waals surface area contributed by atoms with E-state index in [2.05, 4.69) is 37.3 Å². The van der Waals surface area contributed by atoms with Crippen LogP contribution in [0.5, 0.6) is 0 Å². The van der Waals surface area contributed by atoms with Crippen molar-refractivity contribution in [2.24, 2.45) is 0 Å². The third-order valence-corrected chi connectivity index (χ3v) is 3.35. The summed E-state index contributed by atoms with van der Waals surface area (Å²) in [6, 6.07) is 0. The summed E-state index contributed by atoms with van der Waals surface area (Å²) >= 11 is 3.46. The molecule has 0 amide bonds. The van der Waals surface area contributed by atoms with Crippen molar-refractivity contribution >= 4 is 21.9 Å². The standard InChI is InChI=1S/C10H16BrN3O/c1-2-13-4-3-12-10(13)14-5-6-15-9(7-11)8-14/h3-4,9H,2,5-8H2,1H3. The average Bonchev–Trinajstić information content (AvgIpc) is 2.77. The van der Waals surface area contributed by atoms with Gasteiger partial charge in [0.15, 0.2) is 0 Å². The average molecular weight is 274 g/mol. The van der Waals surface area contributed by atoms with E-state index in [0.717, 1.165) is 37.5 Å². The zero-order valence-electron chi connectivity index (χ0n) is 8.90. The minimum Gasteiger partial charge on any atom is -0.374 e. The van der Waals surface area contributed by atoms with Crippen LogP contribution in [0.2, 0.25) is 0 Å². The van der Waals surface area contributed by atoms with Crippen molar-refractivity contribution in [2.45, 2.75) is 19.6 Å². The Kier molecular flexibility index (Phi) is 3.64. The number of aryl methyl sites for hydroxylation is 1. The number of aromatic nitrogens is 2. The van der Waals surface area contributed by atoms with Crippen LogP contribution in [0.15, 0.2) is 12.4 Å². The molecule has 84 valence electrons. The molecule has 1 aliphatic heterocycles. The van der Waals surface area contributed by atoms with Crippen molar-refractivity contribution in [3.63, 3.8) is 0 Å². The fraction of sp³-hybridized carbons (Fsp3) is 0.700. The van der Waals surface area contributed by atoms with Gasteiger partial charge in [0.25, 0.3) is 0 Å². The number of alkyl halides is 1. The normalized spacial score (nSPS) is 22.0. The molecule has 1 unspecified atom stereocenters. The molecule has 2 heterocycles. The smallest absolute Gasteiger partial charge is 0.205 e. The summed E-state index contributed by atoms with van der Waals surface area (Å²) in [6.45, 7) is 5.73. The monoisotopic (exact) mass is 273 g/mol. The van der Waals surface area contributed by atoms with Crippen LogP contribution in [0.25, 0.3) is 0 Å². The van der Waals surface area contributed by atoms with Gasteiger partial charge in [0.2, 0.25) is 5.95 Å². The maximum Gasteiger partial charge on any atom is 0.205 e. The predicted molar refractivity (Wildman–Crippen MR) is 63.6 cm³/mol. The van der Waals surface area contributed by atoms with Gasteiger partial charge in [-0.3, -0.25) is 0 Å². The van der Waals surface area contributed by atoms with E-state index in [-0.39, 0.29) is 6.10 Å². The van der Waals surface area contributed by atoms with E-state index in [0.29, 0.717) is 0 Å². The Morgan fingerprint density at radius 1 is 1.67 bits per heavy atom. The van der Waals surface area contributed by atoms with E-state index in [1.165, 1.54) is 0 Å². The van der Waals surface area contributed by atoms with E-state index >= 15 is 0 Å². The number of ether oxygens (including phenoxy) is 1. The SMILES string of the molecule is CCn1ccnc1N1CCOC(CBr)C1. The number of morpholine rings is 1. The van der Waals surface area contributed by atoms with Gasteiger partial charge < -0.3 is 14.2 Å². The lowest BCUT2D eigenvalue weighted by Crippen LogP contribution is -2.44. The fourth-order valence-corrected chi connectivity index (χ4v) is 2.22. The van der Waals surface area contributed by atoms with E-state index in [9.17, 15) is 0 Å². The fourth-order valence-electron chi connectivity index (χ4n) is 1.83. The molecule has 4 nitrogen and oxygen atoms in total. The van der Waals surface area contributed by atoms with Gasteiger partial charge in [0.1, 0.15) is 0 Å². The molecule has 1 saturated heterocycles. The van der Waals surface area contributed by atoms with Crippen molar-refractivity contribution < 1.29 is 4.74 Å². The molecule has 5 heteroatoms. The zero-order valence-corrected chi connectivity index (χ0v) is 10.5. The lowest BCUT2D eigenvalue weighted by atomic mass is 10.3. The van der Waals surface area contributed by atoms with Gasteiger partial charge in [-0.25, -0.2) is 4.98 Å². The molecule has 0 bridgehead atoms. The molecular weight excluding hydrogens is 258 g/mol. The molecule has 1 aromatic rings. The van der Waals surface area contributed by atoms with Crippen LogP contribution in [0.3, 0.4) is 0 Å². The molecule has 1 aromatic heterocycles. The van der Waals surface area contributed by atoms with Gasteiger partial charge in [0, 0.05) is 37.4 Å². The van der Waals surface area contributed by atoms with Gasteiger partial charge in [-0.15, -0.1) is 0 Å². The quantitative estimate of drug-likeness (QED) is 0.783. The van der Waals surface area contributed by atoms with Crippen molar-refractivity contribution in [1.29, 1.82) is 0 Å². The Morgan fingerprint density at radius 3 is 3.27 bits per heavy atom. The van der Waals surface area contributed by atoms with Crippen LogP contribution in [0, 0.1) is 0 Å². The van der Waals surface area contributed by atoms with Crippen LogP contribution in [-0.2, 0) is 11.3 Å². The highest BCUT2D eigenvalue weighted by atomic mass is 79.9. The number of halogens is 1. The molecule has 1 fully saturated rings. The summed E-state index contributed by atoms with van der Waals surface area (Å²) in [5.41, 5.74) is 0. The van der Waals surface area contributed by atoms with Gasteiger partial charge in [-0.05, 0) is 6.92 Å². The third-order valence-electron chi connectivity index (χ3n) is 2.63. The second-order valence-corrected chi connectivity index (χ2v) is 4.25.